The number of aliphatic hydroxyl groups is 1. The number of hydrogen-bond donors (Lipinski definition) is 3. The molecule has 0 aliphatic heterocycles. The maximum absolute atomic E-state index is 12.9. The van der Waals surface area contributed by atoms with Crippen LogP contribution in [0.4, 0.5) is 11.6 Å². The third kappa shape index (κ3) is 5.43. The van der Waals surface area contributed by atoms with Gasteiger partial charge < -0.3 is 29.6 Å². The van der Waals surface area contributed by atoms with Crippen molar-refractivity contribution in [1.82, 2.24) is 20.3 Å². The van der Waals surface area contributed by atoms with Crippen molar-refractivity contribution in [2.24, 2.45) is 0 Å². The van der Waals surface area contributed by atoms with Crippen LogP contribution in [-0.4, -0.2) is 51.3 Å². The molecule has 7 rings (SSSR count). The lowest BCUT2D eigenvalue weighted by Gasteiger charge is -2.19. The van der Waals surface area contributed by atoms with E-state index >= 15 is 0 Å². The van der Waals surface area contributed by atoms with E-state index in [0.717, 1.165) is 72.0 Å². The van der Waals surface area contributed by atoms with Gasteiger partial charge in [0.05, 0.1) is 36.2 Å². The van der Waals surface area contributed by atoms with Gasteiger partial charge in [0.1, 0.15) is 17.4 Å². The Morgan fingerprint density at radius 3 is 2.67 bits per heavy atom. The van der Waals surface area contributed by atoms with Crippen molar-refractivity contribution >= 4 is 34.2 Å². The first-order valence-corrected chi connectivity index (χ1v) is 15.0. The van der Waals surface area contributed by atoms with Gasteiger partial charge in [-0.1, -0.05) is 12.1 Å². The highest BCUT2D eigenvalue weighted by molar-refractivity contribution is 5.96. The van der Waals surface area contributed by atoms with E-state index in [0.29, 0.717) is 47.6 Å². The fourth-order valence-electron chi connectivity index (χ4n) is 6.39. The molecule has 10 nitrogen and oxygen atoms in total. The molecule has 2 aromatic carbocycles. The molecule has 0 bridgehead atoms. The van der Waals surface area contributed by atoms with Gasteiger partial charge in [-0.25, -0.2) is 9.97 Å². The molecule has 2 heterocycles. The number of carbonyl (C=O) groups excluding carboxylic acids is 1. The number of amides is 1. The van der Waals surface area contributed by atoms with Crippen LogP contribution in [0.15, 0.2) is 46.9 Å². The number of hydrogen-bond acceptors (Lipinski definition) is 9. The number of methoxy groups -OCH3 is 1. The highest BCUT2D eigenvalue weighted by Gasteiger charge is 2.29. The highest BCUT2D eigenvalue weighted by atomic mass is 16.5. The van der Waals surface area contributed by atoms with Crippen LogP contribution < -0.4 is 20.1 Å². The number of ether oxygens (including phenoxy) is 2. The van der Waals surface area contributed by atoms with E-state index in [9.17, 15) is 9.90 Å². The Kier molecular flexibility index (Phi) is 7.22. The summed E-state index contributed by atoms with van der Waals surface area (Å²) < 4.78 is 18.0. The molecule has 2 unspecified atom stereocenters. The number of rotatable bonds is 8. The maximum Gasteiger partial charge on any atom is 0.251 e. The second-order valence-corrected chi connectivity index (χ2v) is 11.6. The minimum absolute atomic E-state index is 0.110. The molecular weight excluding hydrogens is 546 g/mol. The number of benzene rings is 2. The number of aromatic nitrogens is 3. The fraction of sp³-hybridized carbons (Fsp3) is 0.394. The maximum atomic E-state index is 12.9. The molecule has 3 aliphatic carbocycles. The van der Waals surface area contributed by atoms with Gasteiger partial charge in [-0.15, -0.1) is 0 Å². The van der Waals surface area contributed by atoms with Crippen LogP contribution >= 0.6 is 0 Å². The summed E-state index contributed by atoms with van der Waals surface area (Å²) in [5.41, 5.74) is 6.45. The molecule has 3 aliphatic rings. The van der Waals surface area contributed by atoms with Crippen LogP contribution in [0.2, 0.25) is 0 Å². The molecule has 2 fully saturated rings. The summed E-state index contributed by atoms with van der Waals surface area (Å²) in [5, 5.41) is 16.4. The zero-order chi connectivity index (χ0) is 29.5. The third-order valence-corrected chi connectivity index (χ3v) is 8.61. The minimum atomic E-state index is -0.506. The summed E-state index contributed by atoms with van der Waals surface area (Å²) in [6.45, 7) is 1.85. The highest BCUT2D eigenvalue weighted by Crippen LogP contribution is 2.41. The van der Waals surface area contributed by atoms with E-state index in [4.69, 9.17) is 23.9 Å². The molecule has 0 saturated heterocycles. The van der Waals surface area contributed by atoms with Gasteiger partial charge in [-0.2, -0.15) is 4.98 Å². The number of carbonyl (C=O) groups is 1. The summed E-state index contributed by atoms with van der Waals surface area (Å²) in [7, 11) is 1.56. The monoisotopic (exact) mass is 581 g/mol. The molecule has 43 heavy (non-hydrogen) atoms. The molecule has 2 saturated carbocycles. The van der Waals surface area contributed by atoms with Crippen molar-refractivity contribution in [3.05, 3.63) is 70.7 Å². The lowest BCUT2D eigenvalue weighted by atomic mass is 10.0. The first kappa shape index (κ1) is 27.4. The number of nitrogens with one attached hydrogen (secondary N) is 2. The average Bonchev–Trinajstić information content (AvgIpc) is 3.81. The van der Waals surface area contributed by atoms with E-state index in [-0.39, 0.29) is 18.1 Å². The first-order valence-electron chi connectivity index (χ1n) is 15.0. The van der Waals surface area contributed by atoms with Crippen molar-refractivity contribution in [1.29, 1.82) is 0 Å². The number of oxazole rings is 1. The van der Waals surface area contributed by atoms with E-state index in [1.807, 2.05) is 25.1 Å². The summed E-state index contributed by atoms with van der Waals surface area (Å²) in [6.07, 6.45) is 9.06. The molecule has 3 N–H and O–H groups in total. The predicted molar refractivity (Wildman–Crippen MR) is 162 cm³/mol. The molecule has 0 spiro atoms. The van der Waals surface area contributed by atoms with Crippen LogP contribution in [0.5, 0.6) is 11.6 Å². The van der Waals surface area contributed by atoms with E-state index in [2.05, 4.69) is 21.7 Å². The second-order valence-electron chi connectivity index (χ2n) is 11.6. The van der Waals surface area contributed by atoms with Gasteiger partial charge in [0.2, 0.25) is 11.8 Å². The summed E-state index contributed by atoms with van der Waals surface area (Å²) >= 11 is 0. The number of anilines is 2. The van der Waals surface area contributed by atoms with Crippen molar-refractivity contribution < 1.29 is 23.8 Å². The second kappa shape index (κ2) is 11.3. The molecule has 10 heteroatoms. The van der Waals surface area contributed by atoms with Crippen molar-refractivity contribution in [2.45, 2.75) is 76.5 Å². The van der Waals surface area contributed by atoms with E-state index in [1.54, 1.807) is 25.3 Å². The number of aliphatic hydroxyl groups excluding tert-OH is 1. The van der Waals surface area contributed by atoms with Gasteiger partial charge in [0.25, 0.3) is 5.91 Å². The van der Waals surface area contributed by atoms with E-state index in [1.165, 1.54) is 0 Å². The quantitative estimate of drug-likeness (QED) is 0.242. The smallest absolute Gasteiger partial charge is 0.251 e. The molecule has 2 aromatic heterocycles. The van der Waals surface area contributed by atoms with E-state index < -0.39 is 6.10 Å². The van der Waals surface area contributed by atoms with Crippen LogP contribution in [-0.2, 0) is 6.42 Å². The van der Waals surface area contributed by atoms with Gasteiger partial charge in [-0.05, 0) is 86.4 Å². The van der Waals surface area contributed by atoms with Crippen LogP contribution in [0.3, 0.4) is 0 Å². The largest absolute Gasteiger partial charge is 0.495 e. The standard InChI is InChI=1S/C33H35N5O5/c1-18-34-25-13-10-19(16-29(25)42-18)22-12-15-26-30(22)32(43-21-6-3-4-7-21)38-33(37-26)36-24-14-11-20(17-28(24)41-2)31(40)35-23-8-5-9-27(23)39/h10-14,16-17,21,23,27,39H,3-9,15H2,1-2H3,(H,35,40)(H,36,37,38). The predicted octanol–water partition coefficient (Wildman–Crippen LogP) is 5.63. The Hall–Kier alpha value is -4.44. The first-order chi connectivity index (χ1) is 20.9. The zero-order valence-corrected chi connectivity index (χ0v) is 24.4. The average molecular weight is 582 g/mol. The molecule has 222 valence electrons. The number of fused-ring (bicyclic) bond motifs is 2. The van der Waals surface area contributed by atoms with Crippen molar-refractivity contribution in [2.75, 3.05) is 12.4 Å². The van der Waals surface area contributed by atoms with Gasteiger partial charge in [0.15, 0.2) is 11.5 Å². The molecular formula is C33H35N5O5. The SMILES string of the molecule is COc1cc(C(=O)NC2CCCC2O)ccc1Nc1nc2c(c(OC3CCCC3)n1)C(c1ccc3nc(C)oc3c1)=CC2. The lowest BCUT2D eigenvalue weighted by Crippen LogP contribution is -2.39. The fourth-order valence-corrected chi connectivity index (χ4v) is 6.39. The Morgan fingerprint density at radius 2 is 1.88 bits per heavy atom. The van der Waals surface area contributed by atoms with Crippen molar-refractivity contribution in [3.63, 3.8) is 0 Å². The zero-order valence-electron chi connectivity index (χ0n) is 24.4. The van der Waals surface area contributed by atoms with Gasteiger partial charge >= 0.3 is 0 Å². The Labute approximate surface area is 249 Å². The topological polar surface area (TPSA) is 132 Å². The number of allylic oxidation sites excluding steroid dienone is 1. The van der Waals surface area contributed by atoms with Crippen LogP contribution in [0.25, 0.3) is 16.7 Å². The molecule has 2 atom stereocenters. The Morgan fingerprint density at radius 1 is 1.02 bits per heavy atom. The van der Waals surface area contributed by atoms with Crippen molar-refractivity contribution in [3.8, 4) is 11.6 Å². The number of aryl methyl sites for hydroxylation is 1. The lowest BCUT2D eigenvalue weighted by molar-refractivity contribution is 0.0873. The van der Waals surface area contributed by atoms with Crippen LogP contribution in [0.1, 0.15) is 78.0 Å². The molecule has 4 aromatic rings. The molecule has 0 radical (unpaired) electrons. The summed E-state index contributed by atoms with van der Waals surface area (Å²) in [4.78, 5) is 27.1. The van der Waals surface area contributed by atoms with Gasteiger partial charge in [0, 0.05) is 18.9 Å². The third-order valence-electron chi connectivity index (χ3n) is 8.61. The minimum Gasteiger partial charge on any atom is -0.495 e. The summed E-state index contributed by atoms with van der Waals surface area (Å²) in [6, 6.07) is 11.0. The normalized spacial score (nSPS) is 19.8. The van der Waals surface area contributed by atoms with Gasteiger partial charge in [-0.3, -0.25) is 4.79 Å². The summed E-state index contributed by atoms with van der Waals surface area (Å²) in [5.74, 6) is 1.83. The van der Waals surface area contributed by atoms with Crippen LogP contribution in [0, 0.1) is 6.92 Å². The Bertz CT molecular complexity index is 1720. The number of nitrogens with zero attached hydrogens (tertiary/aromatic N) is 3. The molecule has 1 amide bonds. The Balaban J connectivity index is 1.18.